The second kappa shape index (κ2) is 15.7. The van der Waals surface area contributed by atoms with Gasteiger partial charge in [0.25, 0.3) is 0 Å². The first kappa shape index (κ1) is 11.6. The molecule has 0 aliphatic rings. The summed E-state index contributed by atoms with van der Waals surface area (Å²) in [6.45, 7) is 0. The van der Waals surface area contributed by atoms with Gasteiger partial charge in [-0.15, -0.1) is 0 Å². The molecule has 0 radical (unpaired) electrons. The SMILES string of the molecule is C[O][Ti].I[I-]I. The number of hydrogen-bond donors (Lipinski definition) is 0. The van der Waals surface area contributed by atoms with Crippen LogP contribution < -0.4 is 13.3 Å². The molecule has 0 fully saturated rings. The fraction of sp³-hybridized carbons (Fsp3) is 1.00. The Morgan fingerprint density at radius 2 is 1.67 bits per heavy atom. The van der Waals surface area contributed by atoms with Crippen LogP contribution in [0.1, 0.15) is 0 Å². The molecule has 1 nitrogen and oxygen atoms in total. The van der Waals surface area contributed by atoms with E-state index in [0.29, 0.717) is 13.3 Å². The van der Waals surface area contributed by atoms with Gasteiger partial charge in [0.05, 0.1) is 0 Å². The average molecular weight is 460 g/mol. The van der Waals surface area contributed by atoms with Gasteiger partial charge in [-0.2, -0.15) is 0 Å². The summed E-state index contributed by atoms with van der Waals surface area (Å²) in [5.41, 5.74) is 0. The Morgan fingerprint density at radius 1 is 1.67 bits per heavy atom. The van der Waals surface area contributed by atoms with Gasteiger partial charge in [0, 0.05) is 0 Å². The van der Waals surface area contributed by atoms with Crippen molar-refractivity contribution in [3.8, 4) is 0 Å². The molecular weight excluding hydrogens is 457 g/mol. The third-order valence-corrected chi connectivity index (χ3v) is 0. The van der Waals surface area contributed by atoms with Gasteiger partial charge < -0.3 is 0 Å². The zero-order valence-electron chi connectivity index (χ0n) is 3.04. The van der Waals surface area contributed by atoms with Crippen LogP contribution in [0.4, 0.5) is 0 Å². The van der Waals surface area contributed by atoms with Gasteiger partial charge in [-0.3, -0.25) is 0 Å². The van der Waals surface area contributed by atoms with Gasteiger partial charge >= 0.3 is 81.7 Å². The molecule has 0 saturated carbocycles. The van der Waals surface area contributed by atoms with Crippen molar-refractivity contribution in [2.75, 3.05) is 7.11 Å². The van der Waals surface area contributed by atoms with Crippen molar-refractivity contribution < 1.29 is 37.4 Å². The molecule has 39 valence electrons. The Hall–Kier alpha value is 2.86. The molecule has 0 aromatic heterocycles. The normalized spacial score (nSPS) is 6.33. The first-order valence-corrected chi connectivity index (χ1v) is 14.1. The summed E-state index contributed by atoms with van der Waals surface area (Å²) >= 11 is 6.93. The van der Waals surface area contributed by atoms with Crippen molar-refractivity contribution in [3.05, 3.63) is 0 Å². The molecule has 0 unspecified atom stereocenters. The maximum absolute atomic E-state index is 4.25. The van der Waals surface area contributed by atoms with Gasteiger partial charge in [-0.25, -0.2) is 0 Å². The molecule has 0 atom stereocenters. The Bertz CT molecular complexity index is 12.8. The molecule has 0 rings (SSSR count). The Labute approximate surface area is 79.8 Å². The second-order valence-corrected chi connectivity index (χ2v) is 17.1. The minimum atomic E-state index is 0.530. The minimum absolute atomic E-state index is 0.530. The number of hydrogen-bond acceptors (Lipinski definition) is 1. The van der Waals surface area contributed by atoms with Crippen molar-refractivity contribution in [2.24, 2.45) is 0 Å². The molecule has 0 amide bonds. The van der Waals surface area contributed by atoms with E-state index in [9.17, 15) is 0 Å². The average Bonchev–Trinajstić information content (AvgIpc) is 1.39. The topological polar surface area (TPSA) is 9.23 Å². The van der Waals surface area contributed by atoms with Gasteiger partial charge in [0.15, 0.2) is 0 Å². The van der Waals surface area contributed by atoms with E-state index in [1.807, 2.05) is 0 Å². The standard InChI is InChI=1S/CH3O.I3.Ti/c1-2;1-3-2;/h1H3;;/q2*-1;+1. The molecule has 0 bridgehead atoms. The fourth-order valence-corrected chi connectivity index (χ4v) is 0. The quantitative estimate of drug-likeness (QED) is 0.329. The summed E-state index contributed by atoms with van der Waals surface area (Å²) in [7, 11) is 1.62. The Kier molecular flexibility index (Phi) is 30.4. The Balaban J connectivity index is 0. The summed E-state index contributed by atoms with van der Waals surface area (Å²) in [4.78, 5) is 0. The molecule has 0 aliphatic heterocycles. The number of rotatable bonds is 0. The van der Waals surface area contributed by atoms with E-state index in [1.54, 1.807) is 27.9 Å². The van der Waals surface area contributed by atoms with E-state index in [4.69, 9.17) is 0 Å². The summed E-state index contributed by atoms with van der Waals surface area (Å²) in [6.07, 6.45) is 0. The van der Waals surface area contributed by atoms with Crippen LogP contribution in [0, 0.1) is 0 Å². The van der Waals surface area contributed by atoms with Crippen molar-refractivity contribution in [3.63, 3.8) is 0 Å². The van der Waals surface area contributed by atoms with Crippen LogP contribution in [-0.2, 0) is 24.1 Å². The molecule has 0 aromatic carbocycles. The third kappa shape index (κ3) is 28.8. The van der Waals surface area contributed by atoms with E-state index < -0.39 is 0 Å². The van der Waals surface area contributed by atoms with E-state index in [-0.39, 0.29) is 0 Å². The molecular formula is CH3I3OTi-. The fourth-order valence-electron chi connectivity index (χ4n) is 0. The van der Waals surface area contributed by atoms with Gasteiger partial charge in [0.1, 0.15) is 0 Å². The molecule has 0 aromatic rings. The molecule has 0 spiro atoms. The zero-order chi connectivity index (χ0) is 5.41. The number of halogens is 3. The van der Waals surface area contributed by atoms with E-state index in [0.717, 1.165) is 0 Å². The summed E-state index contributed by atoms with van der Waals surface area (Å²) < 4.78 is 4.25. The van der Waals surface area contributed by atoms with E-state index in [2.05, 4.69) is 40.6 Å². The van der Waals surface area contributed by atoms with E-state index >= 15 is 0 Å². The molecule has 0 N–H and O–H groups in total. The first-order chi connectivity index (χ1) is 2.83. The molecule has 0 saturated heterocycles. The van der Waals surface area contributed by atoms with Crippen molar-refractivity contribution in [1.82, 2.24) is 0 Å². The monoisotopic (exact) mass is 460 g/mol. The van der Waals surface area contributed by atoms with Crippen LogP contribution in [0.3, 0.4) is 0 Å². The van der Waals surface area contributed by atoms with Crippen molar-refractivity contribution >= 4 is 37.2 Å². The third-order valence-electron chi connectivity index (χ3n) is 0. The maximum atomic E-state index is 4.25. The Morgan fingerprint density at radius 3 is 1.67 bits per heavy atom. The zero-order valence-corrected chi connectivity index (χ0v) is 11.1. The summed E-state index contributed by atoms with van der Waals surface area (Å²) in [5, 5.41) is 0. The van der Waals surface area contributed by atoms with Gasteiger partial charge in [-0.1, -0.05) is 0 Å². The van der Waals surface area contributed by atoms with Crippen LogP contribution in [0.2, 0.25) is 0 Å². The van der Waals surface area contributed by atoms with Gasteiger partial charge in [0.2, 0.25) is 0 Å². The molecule has 0 heterocycles. The summed E-state index contributed by atoms with van der Waals surface area (Å²) in [6, 6.07) is 0. The van der Waals surface area contributed by atoms with Crippen LogP contribution in [0.25, 0.3) is 0 Å². The second-order valence-electron chi connectivity index (χ2n) is 0.258. The van der Waals surface area contributed by atoms with Crippen LogP contribution >= 0.6 is 37.2 Å². The first-order valence-electron chi connectivity index (χ1n) is 0.898. The van der Waals surface area contributed by atoms with Gasteiger partial charge in [-0.05, 0) is 0 Å². The predicted molar refractivity (Wildman–Crippen MR) is 35.0 cm³/mol. The van der Waals surface area contributed by atoms with Crippen molar-refractivity contribution in [2.45, 2.75) is 0 Å². The van der Waals surface area contributed by atoms with Crippen molar-refractivity contribution in [1.29, 1.82) is 0 Å². The summed E-state index contributed by atoms with van der Waals surface area (Å²) in [5.74, 6) is 0. The van der Waals surface area contributed by atoms with Crippen LogP contribution in [0.5, 0.6) is 0 Å². The molecule has 6 heavy (non-hydrogen) atoms. The van der Waals surface area contributed by atoms with Crippen LogP contribution in [0.15, 0.2) is 0 Å². The molecule has 0 aliphatic carbocycles. The van der Waals surface area contributed by atoms with Crippen LogP contribution in [-0.4, -0.2) is 7.11 Å². The molecule has 5 heteroatoms. The van der Waals surface area contributed by atoms with E-state index in [1.165, 1.54) is 0 Å². The predicted octanol–water partition coefficient (Wildman–Crippen LogP) is -1.13.